The summed E-state index contributed by atoms with van der Waals surface area (Å²) in [4.78, 5) is 23.8. The highest BCUT2D eigenvalue weighted by Gasteiger charge is 2.20. The number of hydrogen-bond acceptors (Lipinski definition) is 5. The number of rotatable bonds is 7. The Bertz CT molecular complexity index is 675. The zero-order valence-electron chi connectivity index (χ0n) is 14.2. The number of hydrogen-bond donors (Lipinski definition) is 1. The normalized spacial score (nSPS) is 11.8. The van der Waals surface area contributed by atoms with E-state index in [0.717, 1.165) is 12.8 Å². The van der Waals surface area contributed by atoms with E-state index in [1.807, 2.05) is 25.1 Å². The molecule has 6 nitrogen and oxygen atoms in total. The Morgan fingerprint density at radius 1 is 1.25 bits per heavy atom. The first-order valence-electron chi connectivity index (χ1n) is 7.90. The lowest BCUT2D eigenvalue weighted by Crippen LogP contribution is -2.36. The number of benzene rings is 1. The molecular formula is C18H22N2O4. The predicted molar refractivity (Wildman–Crippen MR) is 88.6 cm³/mol. The minimum absolute atomic E-state index is 0.00419. The van der Waals surface area contributed by atoms with E-state index in [2.05, 4.69) is 22.6 Å². The fourth-order valence-electron chi connectivity index (χ4n) is 2.39. The van der Waals surface area contributed by atoms with Crippen LogP contribution in [0.25, 0.3) is 0 Å². The summed E-state index contributed by atoms with van der Waals surface area (Å²) in [6.45, 7) is 4.89. The zero-order valence-corrected chi connectivity index (χ0v) is 14.2. The van der Waals surface area contributed by atoms with Gasteiger partial charge in [0.15, 0.2) is 6.61 Å². The summed E-state index contributed by atoms with van der Waals surface area (Å²) in [6, 6.07) is 10.1. The topological polar surface area (TPSA) is 81.4 Å². The molecule has 6 heteroatoms. The van der Waals surface area contributed by atoms with Crippen LogP contribution in [0.3, 0.4) is 0 Å². The van der Waals surface area contributed by atoms with E-state index >= 15 is 0 Å². The third-order valence-electron chi connectivity index (χ3n) is 3.69. The lowest BCUT2D eigenvalue weighted by atomic mass is 10.1. The molecule has 0 unspecified atom stereocenters. The number of aromatic nitrogens is 1. The number of nitrogens with one attached hydrogen (secondary N) is 1. The number of ether oxygens (including phenoxy) is 1. The van der Waals surface area contributed by atoms with E-state index in [1.54, 1.807) is 13.8 Å². The van der Waals surface area contributed by atoms with Crippen LogP contribution in [-0.2, 0) is 16.0 Å². The Morgan fingerprint density at radius 3 is 2.58 bits per heavy atom. The quantitative estimate of drug-likeness (QED) is 0.789. The van der Waals surface area contributed by atoms with Crippen molar-refractivity contribution in [2.45, 2.75) is 39.7 Å². The molecule has 0 radical (unpaired) electrons. The van der Waals surface area contributed by atoms with Crippen molar-refractivity contribution >= 4 is 11.9 Å². The van der Waals surface area contributed by atoms with Gasteiger partial charge >= 0.3 is 5.97 Å². The molecule has 1 N–H and O–H groups in total. The number of aryl methyl sites for hydroxylation is 3. The highest BCUT2D eigenvalue weighted by molar-refractivity contribution is 5.93. The highest BCUT2D eigenvalue weighted by atomic mass is 16.5. The Kier molecular flexibility index (Phi) is 6.12. The molecular weight excluding hydrogens is 308 g/mol. The molecule has 0 aliphatic rings. The Hall–Kier alpha value is -2.63. The smallest absolute Gasteiger partial charge is 0.344 e. The minimum Gasteiger partial charge on any atom is -0.452 e. The van der Waals surface area contributed by atoms with Gasteiger partial charge in [0.25, 0.3) is 5.91 Å². The number of amides is 1. The Morgan fingerprint density at radius 2 is 1.96 bits per heavy atom. The fourth-order valence-corrected chi connectivity index (χ4v) is 2.39. The van der Waals surface area contributed by atoms with Crippen LogP contribution in [0.15, 0.2) is 34.9 Å². The first-order chi connectivity index (χ1) is 11.5. The SMILES string of the molecule is Cc1noc(C)c1C(=O)OCC(=O)N[C@H](C)CCc1ccccc1. The molecule has 0 spiro atoms. The van der Waals surface area contributed by atoms with Gasteiger partial charge in [-0.3, -0.25) is 4.79 Å². The van der Waals surface area contributed by atoms with Gasteiger partial charge in [0.2, 0.25) is 0 Å². The van der Waals surface area contributed by atoms with Crippen LogP contribution in [-0.4, -0.2) is 29.7 Å². The van der Waals surface area contributed by atoms with Gasteiger partial charge in [-0.1, -0.05) is 35.5 Å². The molecule has 24 heavy (non-hydrogen) atoms. The van der Waals surface area contributed by atoms with Gasteiger partial charge in [0, 0.05) is 6.04 Å². The van der Waals surface area contributed by atoms with Crippen LogP contribution < -0.4 is 5.32 Å². The van der Waals surface area contributed by atoms with E-state index in [0.29, 0.717) is 11.5 Å². The molecule has 0 aliphatic heterocycles. The number of esters is 1. The largest absolute Gasteiger partial charge is 0.452 e. The van der Waals surface area contributed by atoms with Gasteiger partial charge in [-0.2, -0.15) is 0 Å². The Labute approximate surface area is 141 Å². The van der Waals surface area contributed by atoms with E-state index in [4.69, 9.17) is 9.26 Å². The lowest BCUT2D eigenvalue weighted by Gasteiger charge is -2.14. The van der Waals surface area contributed by atoms with Gasteiger partial charge < -0.3 is 14.6 Å². The maximum Gasteiger partial charge on any atom is 0.344 e. The summed E-state index contributed by atoms with van der Waals surface area (Å²) in [5.74, 6) is -0.539. The molecule has 2 aromatic rings. The van der Waals surface area contributed by atoms with Crippen LogP contribution in [0.5, 0.6) is 0 Å². The van der Waals surface area contributed by atoms with Crippen molar-refractivity contribution in [1.82, 2.24) is 10.5 Å². The van der Waals surface area contributed by atoms with E-state index in [1.165, 1.54) is 5.56 Å². The summed E-state index contributed by atoms with van der Waals surface area (Å²) in [5.41, 5.74) is 1.96. The van der Waals surface area contributed by atoms with Crippen LogP contribution in [0.4, 0.5) is 0 Å². The highest BCUT2D eigenvalue weighted by Crippen LogP contribution is 2.13. The molecule has 2 rings (SSSR count). The summed E-state index contributed by atoms with van der Waals surface area (Å²) >= 11 is 0. The van der Waals surface area contributed by atoms with Crippen molar-refractivity contribution in [3.05, 3.63) is 52.9 Å². The molecule has 0 fully saturated rings. The molecule has 0 bridgehead atoms. The summed E-state index contributed by atoms with van der Waals surface area (Å²) in [5, 5.41) is 6.51. The third-order valence-corrected chi connectivity index (χ3v) is 3.69. The average Bonchev–Trinajstić information content (AvgIpc) is 2.90. The predicted octanol–water partition coefficient (Wildman–Crippen LogP) is 2.59. The molecule has 0 saturated heterocycles. The number of carbonyl (C=O) groups is 2. The number of carbonyl (C=O) groups excluding carboxylic acids is 2. The van der Waals surface area contributed by atoms with Gasteiger partial charge in [-0.05, 0) is 39.2 Å². The summed E-state index contributed by atoms with van der Waals surface area (Å²) in [6.07, 6.45) is 1.69. The van der Waals surface area contributed by atoms with E-state index < -0.39 is 5.97 Å². The minimum atomic E-state index is -0.599. The van der Waals surface area contributed by atoms with Gasteiger partial charge in [-0.15, -0.1) is 0 Å². The van der Waals surface area contributed by atoms with Crippen LogP contribution in [0.2, 0.25) is 0 Å². The van der Waals surface area contributed by atoms with Crippen LogP contribution >= 0.6 is 0 Å². The second kappa shape index (κ2) is 8.29. The average molecular weight is 330 g/mol. The van der Waals surface area contributed by atoms with E-state index in [-0.39, 0.29) is 24.1 Å². The Balaban J connectivity index is 1.73. The standard InChI is InChI=1S/C18H22N2O4/c1-12(9-10-15-7-5-4-6-8-15)19-16(21)11-23-18(22)17-13(2)20-24-14(17)3/h4-8,12H,9-11H2,1-3H3,(H,19,21)/t12-/m1/s1. The maximum absolute atomic E-state index is 11.9. The second-order valence-electron chi connectivity index (χ2n) is 5.77. The first-order valence-corrected chi connectivity index (χ1v) is 7.90. The zero-order chi connectivity index (χ0) is 17.5. The molecule has 1 heterocycles. The van der Waals surface area contributed by atoms with Gasteiger partial charge in [-0.25, -0.2) is 4.79 Å². The fraction of sp³-hybridized carbons (Fsp3) is 0.389. The maximum atomic E-state index is 11.9. The monoisotopic (exact) mass is 330 g/mol. The van der Waals surface area contributed by atoms with Gasteiger partial charge in [0.1, 0.15) is 11.3 Å². The third kappa shape index (κ3) is 4.94. The molecule has 1 atom stereocenters. The molecule has 128 valence electrons. The number of nitrogens with zero attached hydrogens (tertiary/aromatic N) is 1. The van der Waals surface area contributed by atoms with Crippen molar-refractivity contribution in [1.29, 1.82) is 0 Å². The molecule has 1 aromatic heterocycles. The lowest BCUT2D eigenvalue weighted by molar-refractivity contribution is -0.124. The molecule has 0 saturated carbocycles. The van der Waals surface area contributed by atoms with Gasteiger partial charge in [0.05, 0.1) is 5.69 Å². The van der Waals surface area contributed by atoms with Crippen molar-refractivity contribution in [2.24, 2.45) is 0 Å². The first kappa shape index (κ1) is 17.7. The summed E-state index contributed by atoms with van der Waals surface area (Å²) < 4.78 is 9.93. The molecule has 0 aliphatic carbocycles. The van der Waals surface area contributed by atoms with Crippen molar-refractivity contribution in [3.63, 3.8) is 0 Å². The van der Waals surface area contributed by atoms with E-state index in [9.17, 15) is 9.59 Å². The molecule has 1 amide bonds. The second-order valence-corrected chi connectivity index (χ2v) is 5.77. The van der Waals surface area contributed by atoms with Crippen molar-refractivity contribution in [2.75, 3.05) is 6.61 Å². The van der Waals surface area contributed by atoms with Crippen molar-refractivity contribution in [3.8, 4) is 0 Å². The summed E-state index contributed by atoms with van der Waals surface area (Å²) in [7, 11) is 0. The van der Waals surface area contributed by atoms with Crippen LogP contribution in [0.1, 0.15) is 40.7 Å². The van der Waals surface area contributed by atoms with Crippen LogP contribution in [0, 0.1) is 13.8 Å². The van der Waals surface area contributed by atoms with Crippen molar-refractivity contribution < 1.29 is 18.8 Å². The molecule has 1 aromatic carbocycles.